The molecule has 1 N–H and O–H groups in total. The highest BCUT2D eigenvalue weighted by Gasteiger charge is 2.37. The normalized spacial score (nSPS) is 15.1. The SMILES string of the molecule is FC(F)(F)c1nc(NN=Cc2ccccc2)nc2c1CCCCC2. The zero-order chi connectivity index (χ0) is 17.0. The number of halogens is 3. The predicted octanol–water partition coefficient (Wildman–Crippen LogP) is 4.21. The first-order valence-electron chi connectivity index (χ1n) is 7.85. The van der Waals surface area contributed by atoms with Crippen molar-refractivity contribution >= 4 is 12.2 Å². The van der Waals surface area contributed by atoms with Crippen LogP contribution in [0.1, 0.15) is 41.8 Å². The topological polar surface area (TPSA) is 50.2 Å². The van der Waals surface area contributed by atoms with Gasteiger partial charge in [0.15, 0.2) is 5.69 Å². The second kappa shape index (κ2) is 6.98. The number of aryl methyl sites for hydroxylation is 1. The predicted molar refractivity (Wildman–Crippen MR) is 86.0 cm³/mol. The summed E-state index contributed by atoms with van der Waals surface area (Å²) in [5, 5.41) is 3.94. The lowest BCUT2D eigenvalue weighted by Crippen LogP contribution is -2.17. The van der Waals surface area contributed by atoms with Gasteiger partial charge in [0, 0.05) is 11.3 Å². The summed E-state index contributed by atoms with van der Waals surface area (Å²) in [7, 11) is 0. The highest BCUT2D eigenvalue weighted by molar-refractivity contribution is 5.79. The molecule has 0 aliphatic heterocycles. The van der Waals surface area contributed by atoms with Crippen molar-refractivity contribution < 1.29 is 13.2 Å². The molecule has 1 aromatic heterocycles. The van der Waals surface area contributed by atoms with E-state index < -0.39 is 11.9 Å². The van der Waals surface area contributed by atoms with Gasteiger partial charge in [0.1, 0.15) is 0 Å². The summed E-state index contributed by atoms with van der Waals surface area (Å²) in [4.78, 5) is 7.91. The molecule has 126 valence electrons. The van der Waals surface area contributed by atoms with E-state index in [4.69, 9.17) is 0 Å². The van der Waals surface area contributed by atoms with E-state index in [-0.39, 0.29) is 11.5 Å². The lowest BCUT2D eigenvalue weighted by molar-refractivity contribution is -0.141. The average molecular weight is 334 g/mol. The van der Waals surface area contributed by atoms with Gasteiger partial charge in [-0.05, 0) is 31.2 Å². The molecule has 7 heteroatoms. The molecule has 1 aromatic carbocycles. The van der Waals surface area contributed by atoms with Crippen LogP contribution in [0.15, 0.2) is 35.4 Å². The smallest absolute Gasteiger partial charge is 0.245 e. The fourth-order valence-corrected chi connectivity index (χ4v) is 2.76. The number of hydrazone groups is 1. The molecule has 2 aromatic rings. The zero-order valence-corrected chi connectivity index (χ0v) is 13.0. The van der Waals surface area contributed by atoms with Gasteiger partial charge < -0.3 is 0 Å². The quantitative estimate of drug-likeness (QED) is 0.520. The third-order valence-electron chi connectivity index (χ3n) is 3.88. The third kappa shape index (κ3) is 3.90. The lowest BCUT2D eigenvalue weighted by atomic mass is 10.1. The third-order valence-corrected chi connectivity index (χ3v) is 3.88. The molecule has 1 aliphatic carbocycles. The Morgan fingerprint density at radius 3 is 2.50 bits per heavy atom. The van der Waals surface area contributed by atoms with Gasteiger partial charge in [0.05, 0.1) is 6.21 Å². The van der Waals surface area contributed by atoms with Gasteiger partial charge >= 0.3 is 6.18 Å². The van der Waals surface area contributed by atoms with Gasteiger partial charge in [-0.3, -0.25) is 0 Å². The van der Waals surface area contributed by atoms with Crippen LogP contribution in [0, 0.1) is 0 Å². The molecular formula is C17H17F3N4. The molecule has 1 heterocycles. The van der Waals surface area contributed by atoms with Crippen LogP contribution in [0.2, 0.25) is 0 Å². The molecule has 4 nitrogen and oxygen atoms in total. The van der Waals surface area contributed by atoms with Gasteiger partial charge in [-0.25, -0.2) is 15.4 Å². The number of nitrogens with one attached hydrogen (secondary N) is 1. The Bertz CT molecular complexity index is 727. The minimum absolute atomic E-state index is 0.116. The minimum atomic E-state index is -4.49. The number of benzene rings is 1. The first-order valence-corrected chi connectivity index (χ1v) is 7.85. The molecule has 0 fully saturated rings. The summed E-state index contributed by atoms with van der Waals surface area (Å²) in [5.41, 5.74) is 3.22. The van der Waals surface area contributed by atoms with Crippen molar-refractivity contribution in [3.8, 4) is 0 Å². The molecule has 0 saturated heterocycles. The standard InChI is InChI=1S/C17H17F3N4/c18-17(19,20)15-13-9-5-2-6-10-14(13)22-16(23-15)24-21-11-12-7-3-1-4-8-12/h1,3-4,7-8,11H,2,5-6,9-10H2,(H,22,23,24). The van der Waals surface area contributed by atoms with Crippen LogP contribution < -0.4 is 5.43 Å². The fraction of sp³-hybridized carbons (Fsp3) is 0.353. The Morgan fingerprint density at radius 2 is 1.75 bits per heavy atom. The van der Waals surface area contributed by atoms with Crippen LogP contribution in [0.3, 0.4) is 0 Å². The van der Waals surface area contributed by atoms with E-state index in [1.165, 1.54) is 6.21 Å². The number of hydrogen-bond acceptors (Lipinski definition) is 4. The Hall–Kier alpha value is -2.44. The minimum Gasteiger partial charge on any atom is -0.245 e. The van der Waals surface area contributed by atoms with Crippen molar-refractivity contribution in [1.29, 1.82) is 0 Å². The van der Waals surface area contributed by atoms with E-state index in [1.54, 1.807) is 0 Å². The largest absolute Gasteiger partial charge is 0.433 e. The molecule has 3 rings (SSSR count). The van der Waals surface area contributed by atoms with Gasteiger partial charge in [0.2, 0.25) is 5.95 Å². The number of anilines is 1. The van der Waals surface area contributed by atoms with Gasteiger partial charge in [-0.15, -0.1) is 0 Å². The maximum atomic E-state index is 13.3. The van der Waals surface area contributed by atoms with E-state index in [9.17, 15) is 13.2 Å². The zero-order valence-electron chi connectivity index (χ0n) is 13.0. The number of aromatic nitrogens is 2. The van der Waals surface area contributed by atoms with Crippen LogP contribution in [0.25, 0.3) is 0 Å². The van der Waals surface area contributed by atoms with Crippen molar-refractivity contribution in [1.82, 2.24) is 9.97 Å². The fourth-order valence-electron chi connectivity index (χ4n) is 2.76. The monoisotopic (exact) mass is 334 g/mol. The highest BCUT2D eigenvalue weighted by Crippen LogP contribution is 2.34. The number of nitrogens with zero attached hydrogens (tertiary/aromatic N) is 3. The molecule has 0 amide bonds. The second-order valence-electron chi connectivity index (χ2n) is 5.66. The van der Waals surface area contributed by atoms with Crippen LogP contribution >= 0.6 is 0 Å². The molecule has 0 atom stereocenters. The molecule has 0 spiro atoms. The van der Waals surface area contributed by atoms with Crippen LogP contribution in [-0.2, 0) is 19.0 Å². The first kappa shape index (κ1) is 16.4. The van der Waals surface area contributed by atoms with E-state index in [1.807, 2.05) is 30.3 Å². The summed E-state index contributed by atoms with van der Waals surface area (Å²) < 4.78 is 40.0. The molecular weight excluding hydrogens is 317 g/mol. The molecule has 24 heavy (non-hydrogen) atoms. The maximum Gasteiger partial charge on any atom is 0.433 e. The Morgan fingerprint density at radius 1 is 1.00 bits per heavy atom. The van der Waals surface area contributed by atoms with E-state index >= 15 is 0 Å². The van der Waals surface area contributed by atoms with Gasteiger partial charge in [-0.2, -0.15) is 18.3 Å². The van der Waals surface area contributed by atoms with Crippen molar-refractivity contribution in [3.05, 3.63) is 52.8 Å². The van der Waals surface area contributed by atoms with E-state index in [0.717, 1.165) is 24.8 Å². The van der Waals surface area contributed by atoms with Gasteiger partial charge in [0.25, 0.3) is 0 Å². The summed E-state index contributed by atoms with van der Waals surface area (Å²) in [6, 6.07) is 9.24. The van der Waals surface area contributed by atoms with E-state index in [0.29, 0.717) is 18.5 Å². The van der Waals surface area contributed by atoms with Crippen molar-refractivity contribution in [2.24, 2.45) is 5.10 Å². The Kier molecular flexibility index (Phi) is 4.78. The molecule has 0 radical (unpaired) electrons. The van der Waals surface area contributed by atoms with Crippen LogP contribution in [0.5, 0.6) is 0 Å². The van der Waals surface area contributed by atoms with Gasteiger partial charge in [-0.1, -0.05) is 36.8 Å². The Labute approximate surface area is 137 Å². The Balaban J connectivity index is 1.88. The van der Waals surface area contributed by atoms with Crippen molar-refractivity contribution in [2.75, 3.05) is 5.43 Å². The van der Waals surface area contributed by atoms with E-state index in [2.05, 4.69) is 20.5 Å². The summed E-state index contributed by atoms with van der Waals surface area (Å²) in [6.45, 7) is 0. The number of fused-ring (bicyclic) bond motifs is 1. The molecule has 0 unspecified atom stereocenters. The summed E-state index contributed by atoms with van der Waals surface area (Å²) in [5.74, 6) is -0.116. The highest BCUT2D eigenvalue weighted by atomic mass is 19.4. The van der Waals surface area contributed by atoms with Crippen molar-refractivity contribution in [2.45, 2.75) is 38.3 Å². The van der Waals surface area contributed by atoms with Crippen LogP contribution in [-0.4, -0.2) is 16.2 Å². The second-order valence-corrected chi connectivity index (χ2v) is 5.66. The number of alkyl halides is 3. The summed E-state index contributed by atoms with van der Waals surface area (Å²) >= 11 is 0. The number of hydrogen-bond donors (Lipinski definition) is 1. The van der Waals surface area contributed by atoms with Crippen molar-refractivity contribution in [3.63, 3.8) is 0 Å². The molecule has 0 bridgehead atoms. The first-order chi connectivity index (χ1) is 11.5. The maximum absolute atomic E-state index is 13.3. The average Bonchev–Trinajstić information content (AvgIpc) is 2.79. The summed E-state index contributed by atoms with van der Waals surface area (Å²) in [6.07, 6.45) is 0.421. The van der Waals surface area contributed by atoms with Crippen LogP contribution in [0.4, 0.5) is 19.1 Å². The molecule has 1 aliphatic rings. The number of rotatable bonds is 3. The lowest BCUT2D eigenvalue weighted by Gasteiger charge is -2.15. The molecule has 0 saturated carbocycles.